The summed E-state index contributed by atoms with van der Waals surface area (Å²) in [5, 5.41) is 0.944. The molecule has 1 aliphatic heterocycles. The van der Waals surface area contributed by atoms with Crippen molar-refractivity contribution in [3.63, 3.8) is 0 Å². The van der Waals surface area contributed by atoms with Crippen molar-refractivity contribution in [1.82, 2.24) is 9.47 Å². The second-order valence-corrected chi connectivity index (χ2v) is 5.78. The van der Waals surface area contributed by atoms with Crippen LogP contribution in [0.3, 0.4) is 0 Å². The molecule has 0 unspecified atom stereocenters. The minimum absolute atomic E-state index is 0.0873. The number of carbonyl (C=O) groups excluding carboxylic acids is 1. The highest BCUT2D eigenvalue weighted by molar-refractivity contribution is 5.96. The zero-order valence-electron chi connectivity index (χ0n) is 12.9. The zero-order chi connectivity index (χ0) is 15.8. The van der Waals surface area contributed by atoms with Crippen LogP contribution in [0.25, 0.3) is 11.0 Å². The number of morpholine rings is 1. The molecule has 0 radical (unpaired) electrons. The van der Waals surface area contributed by atoms with E-state index in [1.54, 1.807) is 0 Å². The number of rotatable bonds is 2. The Morgan fingerprint density at radius 3 is 2.87 bits per heavy atom. The first kappa shape index (κ1) is 14.1. The van der Waals surface area contributed by atoms with E-state index in [2.05, 4.69) is 0 Å². The lowest BCUT2D eigenvalue weighted by molar-refractivity contribution is -0.00606. The molecule has 0 saturated carbocycles. The van der Waals surface area contributed by atoms with Crippen molar-refractivity contribution < 1.29 is 13.9 Å². The van der Waals surface area contributed by atoms with Gasteiger partial charge in [-0.1, -0.05) is 18.2 Å². The number of para-hydroxylation sites is 1. The van der Waals surface area contributed by atoms with E-state index in [0.717, 1.165) is 16.7 Å². The first-order valence-corrected chi connectivity index (χ1v) is 7.72. The maximum absolute atomic E-state index is 13.0. The maximum Gasteiger partial charge on any atom is 0.290 e. The van der Waals surface area contributed by atoms with Gasteiger partial charge in [-0.15, -0.1) is 0 Å². The van der Waals surface area contributed by atoms with Crippen LogP contribution < -0.4 is 0 Å². The molecule has 3 aromatic rings. The lowest BCUT2D eigenvalue weighted by atomic mass is 10.1. The first-order valence-electron chi connectivity index (χ1n) is 7.72. The third kappa shape index (κ3) is 2.43. The molecule has 1 aliphatic rings. The van der Waals surface area contributed by atoms with E-state index in [0.29, 0.717) is 25.5 Å². The summed E-state index contributed by atoms with van der Waals surface area (Å²) in [5.41, 5.74) is 1.80. The molecule has 1 saturated heterocycles. The number of hydrogen-bond donors (Lipinski definition) is 0. The van der Waals surface area contributed by atoms with Gasteiger partial charge in [0, 0.05) is 30.9 Å². The molecule has 0 spiro atoms. The largest absolute Gasteiger partial charge is 0.451 e. The highest BCUT2D eigenvalue weighted by Gasteiger charge is 2.32. The van der Waals surface area contributed by atoms with Gasteiger partial charge in [-0.25, -0.2) is 0 Å². The molecule has 3 heterocycles. The van der Waals surface area contributed by atoms with E-state index in [1.165, 1.54) is 0 Å². The Bertz CT molecular complexity index is 816. The number of aromatic nitrogens is 1. The lowest BCUT2D eigenvalue weighted by Gasteiger charge is -2.35. The molecular weight excluding hydrogens is 292 g/mol. The van der Waals surface area contributed by atoms with Gasteiger partial charge in [0.15, 0.2) is 5.76 Å². The summed E-state index contributed by atoms with van der Waals surface area (Å²) in [6.45, 7) is 1.61. The highest BCUT2D eigenvalue weighted by Crippen LogP contribution is 2.28. The SMILES string of the molecule is Cn1cccc1[C@H]1COCCN1C(=O)c1cc2ccccc2o1. The predicted molar refractivity (Wildman–Crippen MR) is 86.2 cm³/mol. The van der Waals surface area contributed by atoms with Crippen molar-refractivity contribution in [2.45, 2.75) is 6.04 Å². The fraction of sp³-hybridized carbons (Fsp3) is 0.278. The summed E-state index contributed by atoms with van der Waals surface area (Å²) in [4.78, 5) is 14.8. The normalized spacial score (nSPS) is 18.5. The lowest BCUT2D eigenvalue weighted by Crippen LogP contribution is -2.43. The second kappa shape index (κ2) is 5.59. The van der Waals surface area contributed by atoms with Gasteiger partial charge in [0.1, 0.15) is 5.58 Å². The van der Waals surface area contributed by atoms with Gasteiger partial charge in [-0.2, -0.15) is 0 Å². The van der Waals surface area contributed by atoms with E-state index < -0.39 is 0 Å². The monoisotopic (exact) mass is 310 g/mol. The van der Waals surface area contributed by atoms with Crippen LogP contribution >= 0.6 is 0 Å². The second-order valence-electron chi connectivity index (χ2n) is 5.78. The maximum atomic E-state index is 13.0. The molecule has 2 aromatic heterocycles. The topological polar surface area (TPSA) is 47.6 Å². The summed E-state index contributed by atoms with van der Waals surface area (Å²) in [6, 6.07) is 13.4. The van der Waals surface area contributed by atoms with Crippen LogP contribution in [0.1, 0.15) is 22.3 Å². The molecule has 1 aromatic carbocycles. The molecule has 5 heteroatoms. The van der Waals surface area contributed by atoms with Crippen molar-refractivity contribution in [1.29, 1.82) is 0 Å². The third-order valence-electron chi connectivity index (χ3n) is 4.35. The average molecular weight is 310 g/mol. The van der Waals surface area contributed by atoms with E-state index >= 15 is 0 Å². The molecule has 0 N–H and O–H groups in total. The van der Waals surface area contributed by atoms with Crippen molar-refractivity contribution >= 4 is 16.9 Å². The van der Waals surface area contributed by atoms with Crippen molar-refractivity contribution in [3.05, 3.63) is 60.1 Å². The molecule has 1 amide bonds. The fourth-order valence-corrected chi connectivity index (χ4v) is 3.14. The van der Waals surface area contributed by atoms with Crippen LogP contribution in [-0.4, -0.2) is 35.1 Å². The third-order valence-corrected chi connectivity index (χ3v) is 4.35. The summed E-state index contributed by atoms with van der Waals surface area (Å²) in [7, 11) is 1.98. The Hall–Kier alpha value is -2.53. The minimum atomic E-state index is -0.0931. The van der Waals surface area contributed by atoms with Crippen LogP contribution in [0.15, 0.2) is 53.1 Å². The van der Waals surface area contributed by atoms with Gasteiger partial charge in [-0.3, -0.25) is 4.79 Å². The molecule has 23 heavy (non-hydrogen) atoms. The fourth-order valence-electron chi connectivity index (χ4n) is 3.14. The summed E-state index contributed by atoms with van der Waals surface area (Å²) < 4.78 is 13.4. The van der Waals surface area contributed by atoms with Crippen LogP contribution in [0.4, 0.5) is 0 Å². The number of hydrogen-bond acceptors (Lipinski definition) is 3. The standard InChI is InChI=1S/C18H18N2O3/c1-19-8-4-6-14(19)15-12-22-10-9-20(15)18(21)17-11-13-5-2-3-7-16(13)23-17/h2-8,11,15H,9-10,12H2,1H3/t15-/m1/s1. The predicted octanol–water partition coefficient (Wildman–Crippen LogP) is 2.99. The van der Waals surface area contributed by atoms with Gasteiger partial charge >= 0.3 is 0 Å². The van der Waals surface area contributed by atoms with E-state index in [-0.39, 0.29) is 11.9 Å². The Kier molecular flexibility index (Phi) is 3.42. The smallest absolute Gasteiger partial charge is 0.290 e. The number of nitrogens with zero attached hydrogens (tertiary/aromatic N) is 2. The van der Waals surface area contributed by atoms with Gasteiger partial charge in [0.2, 0.25) is 0 Å². The summed E-state index contributed by atoms with van der Waals surface area (Å²) >= 11 is 0. The summed E-state index contributed by atoms with van der Waals surface area (Å²) in [6.07, 6.45) is 1.98. The van der Waals surface area contributed by atoms with Crippen molar-refractivity contribution in [3.8, 4) is 0 Å². The number of furan rings is 1. The van der Waals surface area contributed by atoms with E-state index in [9.17, 15) is 4.79 Å². The van der Waals surface area contributed by atoms with Crippen LogP contribution in [0, 0.1) is 0 Å². The molecule has 1 atom stereocenters. The molecule has 5 nitrogen and oxygen atoms in total. The average Bonchev–Trinajstić information content (AvgIpc) is 3.20. The van der Waals surface area contributed by atoms with E-state index in [1.807, 2.05) is 65.2 Å². The molecule has 118 valence electrons. The first-order chi connectivity index (χ1) is 11.2. The van der Waals surface area contributed by atoms with Gasteiger partial charge < -0.3 is 18.6 Å². The number of carbonyl (C=O) groups is 1. The number of amides is 1. The Balaban J connectivity index is 1.68. The number of benzene rings is 1. The van der Waals surface area contributed by atoms with Crippen LogP contribution in [0.5, 0.6) is 0 Å². The van der Waals surface area contributed by atoms with Gasteiger partial charge in [0.25, 0.3) is 5.91 Å². The van der Waals surface area contributed by atoms with Crippen molar-refractivity contribution in [2.75, 3.05) is 19.8 Å². The van der Waals surface area contributed by atoms with Gasteiger partial charge in [-0.05, 0) is 24.3 Å². The highest BCUT2D eigenvalue weighted by atomic mass is 16.5. The summed E-state index contributed by atoms with van der Waals surface area (Å²) in [5.74, 6) is 0.294. The zero-order valence-corrected chi connectivity index (χ0v) is 12.9. The number of fused-ring (bicyclic) bond motifs is 1. The molecule has 4 rings (SSSR count). The quantitative estimate of drug-likeness (QED) is 0.731. The van der Waals surface area contributed by atoms with Crippen molar-refractivity contribution in [2.24, 2.45) is 7.05 Å². The molecular formula is C18H18N2O3. The molecule has 0 aliphatic carbocycles. The van der Waals surface area contributed by atoms with E-state index in [4.69, 9.17) is 9.15 Å². The Morgan fingerprint density at radius 2 is 2.09 bits per heavy atom. The number of ether oxygens (including phenoxy) is 1. The number of aryl methyl sites for hydroxylation is 1. The Labute approximate surface area is 134 Å². The molecule has 0 bridgehead atoms. The Morgan fingerprint density at radius 1 is 1.22 bits per heavy atom. The minimum Gasteiger partial charge on any atom is -0.451 e. The van der Waals surface area contributed by atoms with Gasteiger partial charge in [0.05, 0.1) is 19.3 Å². The van der Waals surface area contributed by atoms with Crippen LogP contribution in [0.2, 0.25) is 0 Å². The van der Waals surface area contributed by atoms with Crippen LogP contribution in [-0.2, 0) is 11.8 Å². The molecule has 1 fully saturated rings.